The van der Waals surface area contributed by atoms with Crippen LogP contribution in [0.2, 0.25) is 0 Å². The van der Waals surface area contributed by atoms with Crippen molar-refractivity contribution in [2.75, 3.05) is 25.5 Å². The van der Waals surface area contributed by atoms with E-state index in [2.05, 4.69) is 23.3 Å². The van der Waals surface area contributed by atoms with Gasteiger partial charge in [-0.15, -0.1) is 11.3 Å². The van der Waals surface area contributed by atoms with E-state index in [1.165, 1.54) is 46.0 Å². The van der Waals surface area contributed by atoms with Gasteiger partial charge in [0.05, 0.1) is 12.8 Å². The van der Waals surface area contributed by atoms with Gasteiger partial charge in [0.1, 0.15) is 10.6 Å². The fraction of sp³-hybridized carbons (Fsp3) is 0.304. The molecule has 1 saturated heterocycles. The van der Waals surface area contributed by atoms with Crippen molar-refractivity contribution < 1.29 is 17.9 Å². The van der Waals surface area contributed by atoms with Crippen LogP contribution in [0.4, 0.5) is 5.13 Å². The number of nitrogens with one attached hydrogen (secondary N) is 1. The summed E-state index contributed by atoms with van der Waals surface area (Å²) in [7, 11) is -2.32. The zero-order chi connectivity index (χ0) is 22.9. The first-order valence-electron chi connectivity index (χ1n) is 10.3. The van der Waals surface area contributed by atoms with Gasteiger partial charge in [0.25, 0.3) is 5.91 Å². The lowest BCUT2D eigenvalue weighted by atomic mass is 10.1. The van der Waals surface area contributed by atoms with E-state index < -0.39 is 15.9 Å². The molecule has 0 bridgehead atoms. The van der Waals surface area contributed by atoms with Gasteiger partial charge in [0, 0.05) is 29.6 Å². The molecule has 168 valence electrons. The minimum atomic E-state index is -3.73. The fourth-order valence-electron chi connectivity index (χ4n) is 3.62. The number of methoxy groups -OCH3 is 1. The third kappa shape index (κ3) is 4.41. The van der Waals surface area contributed by atoms with Crippen molar-refractivity contribution in [3.8, 4) is 17.0 Å². The van der Waals surface area contributed by atoms with Crippen molar-refractivity contribution in [2.24, 2.45) is 0 Å². The lowest BCUT2D eigenvalue weighted by Gasteiger charge is -2.18. The third-order valence-electron chi connectivity index (χ3n) is 5.64. The molecule has 9 heteroatoms. The largest absolute Gasteiger partial charge is 0.495 e. The Hall–Kier alpha value is -2.75. The number of carbonyl (C=O) groups excluding carboxylic acids is 1. The molecule has 2 aromatic carbocycles. The molecule has 0 spiro atoms. The molecule has 3 aromatic rings. The molecule has 0 atom stereocenters. The van der Waals surface area contributed by atoms with Gasteiger partial charge in [-0.2, -0.15) is 4.31 Å². The summed E-state index contributed by atoms with van der Waals surface area (Å²) in [6.07, 6.45) is 1.66. The zero-order valence-electron chi connectivity index (χ0n) is 18.2. The second-order valence-corrected chi connectivity index (χ2v) is 10.5. The average Bonchev–Trinajstić information content (AvgIpc) is 3.48. The van der Waals surface area contributed by atoms with E-state index in [0.717, 1.165) is 24.1 Å². The lowest BCUT2D eigenvalue weighted by molar-refractivity contribution is 0.102. The first-order valence-corrected chi connectivity index (χ1v) is 12.6. The van der Waals surface area contributed by atoms with Gasteiger partial charge < -0.3 is 4.74 Å². The molecule has 0 unspecified atom stereocenters. The minimum absolute atomic E-state index is 0.00417. The normalized spacial score (nSPS) is 14.5. The number of anilines is 1. The van der Waals surface area contributed by atoms with Gasteiger partial charge in [-0.3, -0.25) is 10.1 Å². The maximum atomic E-state index is 13.1. The summed E-state index contributed by atoms with van der Waals surface area (Å²) < 4.78 is 32.8. The van der Waals surface area contributed by atoms with Crippen LogP contribution in [0.1, 0.15) is 34.3 Å². The number of amides is 1. The molecule has 1 amide bonds. The Morgan fingerprint density at radius 1 is 1.09 bits per heavy atom. The summed E-state index contributed by atoms with van der Waals surface area (Å²) in [6.45, 7) is 5.05. The molecule has 0 radical (unpaired) electrons. The van der Waals surface area contributed by atoms with E-state index in [0.29, 0.717) is 18.2 Å². The molecule has 7 nitrogen and oxygen atoms in total. The van der Waals surface area contributed by atoms with Crippen molar-refractivity contribution in [1.82, 2.24) is 9.29 Å². The summed E-state index contributed by atoms with van der Waals surface area (Å²) in [6, 6.07) is 10.5. The molecule has 1 N–H and O–H groups in total. The standard InChI is InChI=1S/C23H25N3O4S2/c1-15-6-7-17(12-16(15)2)19-14-31-23(24-19)25-22(27)18-8-9-20(30-3)21(13-18)32(28,29)26-10-4-5-11-26/h6-9,12-14H,4-5,10-11H2,1-3H3,(H,24,25,27). The molecule has 1 aliphatic heterocycles. The second-order valence-electron chi connectivity index (χ2n) is 7.77. The van der Waals surface area contributed by atoms with Gasteiger partial charge in [-0.05, 0) is 62.1 Å². The smallest absolute Gasteiger partial charge is 0.257 e. The number of ether oxygens (including phenoxy) is 1. The van der Waals surface area contributed by atoms with E-state index in [-0.39, 0.29) is 16.2 Å². The Balaban J connectivity index is 1.58. The molecule has 2 heterocycles. The molecular formula is C23H25N3O4S2. The van der Waals surface area contributed by atoms with Crippen LogP contribution in [-0.4, -0.2) is 43.8 Å². The third-order valence-corrected chi connectivity index (χ3v) is 8.31. The maximum Gasteiger partial charge on any atom is 0.257 e. The molecular weight excluding hydrogens is 446 g/mol. The molecule has 1 aliphatic rings. The van der Waals surface area contributed by atoms with E-state index in [1.54, 1.807) is 6.07 Å². The highest BCUT2D eigenvalue weighted by atomic mass is 32.2. The van der Waals surface area contributed by atoms with E-state index in [4.69, 9.17) is 4.74 Å². The van der Waals surface area contributed by atoms with Gasteiger partial charge in [0.2, 0.25) is 10.0 Å². The Kier molecular flexibility index (Phi) is 6.32. The topological polar surface area (TPSA) is 88.6 Å². The molecule has 1 aromatic heterocycles. The average molecular weight is 472 g/mol. The minimum Gasteiger partial charge on any atom is -0.495 e. The number of sulfonamides is 1. The molecule has 0 saturated carbocycles. The zero-order valence-corrected chi connectivity index (χ0v) is 19.8. The number of aromatic nitrogens is 1. The fourth-order valence-corrected chi connectivity index (χ4v) is 6.03. The molecule has 0 aliphatic carbocycles. The summed E-state index contributed by atoms with van der Waals surface area (Å²) in [5, 5.41) is 5.11. The number of carbonyl (C=O) groups is 1. The lowest BCUT2D eigenvalue weighted by Crippen LogP contribution is -2.28. The highest BCUT2D eigenvalue weighted by molar-refractivity contribution is 7.89. The molecule has 4 rings (SSSR count). The summed E-state index contributed by atoms with van der Waals surface area (Å²) in [4.78, 5) is 17.4. The first-order chi connectivity index (χ1) is 15.3. The highest BCUT2D eigenvalue weighted by Crippen LogP contribution is 2.31. The van der Waals surface area contributed by atoms with Crippen LogP contribution in [0, 0.1) is 13.8 Å². The van der Waals surface area contributed by atoms with Gasteiger partial charge in [-0.1, -0.05) is 12.1 Å². The quantitative estimate of drug-likeness (QED) is 0.573. The number of hydrogen-bond acceptors (Lipinski definition) is 6. The second kappa shape index (κ2) is 9.01. The monoisotopic (exact) mass is 471 g/mol. The SMILES string of the molecule is COc1ccc(C(=O)Nc2nc(-c3ccc(C)c(C)c3)cs2)cc1S(=O)(=O)N1CCCC1. The Bertz CT molecular complexity index is 1260. The van der Waals surface area contributed by atoms with Crippen LogP contribution in [0.5, 0.6) is 5.75 Å². The number of rotatable bonds is 6. The number of thiazole rings is 1. The van der Waals surface area contributed by atoms with Crippen molar-refractivity contribution in [3.05, 3.63) is 58.5 Å². The predicted molar refractivity (Wildman–Crippen MR) is 126 cm³/mol. The summed E-state index contributed by atoms with van der Waals surface area (Å²) in [5.74, 6) is -0.203. The van der Waals surface area contributed by atoms with Crippen LogP contribution in [0.25, 0.3) is 11.3 Å². The van der Waals surface area contributed by atoms with E-state index in [1.807, 2.05) is 24.4 Å². The number of aryl methyl sites for hydroxylation is 2. The van der Waals surface area contributed by atoms with Crippen molar-refractivity contribution in [1.29, 1.82) is 0 Å². The molecule has 32 heavy (non-hydrogen) atoms. The Morgan fingerprint density at radius 2 is 1.84 bits per heavy atom. The Morgan fingerprint density at radius 3 is 2.53 bits per heavy atom. The van der Waals surface area contributed by atoms with Gasteiger partial charge in [-0.25, -0.2) is 13.4 Å². The van der Waals surface area contributed by atoms with E-state index >= 15 is 0 Å². The van der Waals surface area contributed by atoms with Crippen molar-refractivity contribution in [2.45, 2.75) is 31.6 Å². The number of nitrogens with zero attached hydrogens (tertiary/aromatic N) is 2. The van der Waals surface area contributed by atoms with Crippen LogP contribution in [0.3, 0.4) is 0 Å². The van der Waals surface area contributed by atoms with Crippen molar-refractivity contribution in [3.63, 3.8) is 0 Å². The summed E-state index contributed by atoms with van der Waals surface area (Å²) >= 11 is 1.32. The molecule has 1 fully saturated rings. The van der Waals surface area contributed by atoms with Crippen LogP contribution in [0.15, 0.2) is 46.7 Å². The maximum absolute atomic E-state index is 13.1. The van der Waals surface area contributed by atoms with Crippen LogP contribution >= 0.6 is 11.3 Å². The predicted octanol–water partition coefficient (Wildman–Crippen LogP) is 4.47. The van der Waals surface area contributed by atoms with Crippen molar-refractivity contribution >= 4 is 32.4 Å². The van der Waals surface area contributed by atoms with Gasteiger partial charge >= 0.3 is 0 Å². The van der Waals surface area contributed by atoms with Crippen LogP contribution < -0.4 is 10.1 Å². The van der Waals surface area contributed by atoms with Crippen LogP contribution in [-0.2, 0) is 10.0 Å². The number of benzene rings is 2. The van der Waals surface area contributed by atoms with Gasteiger partial charge in [0.15, 0.2) is 5.13 Å². The van der Waals surface area contributed by atoms with E-state index in [9.17, 15) is 13.2 Å². The Labute approximate surface area is 192 Å². The first kappa shape index (κ1) is 22.4. The number of hydrogen-bond donors (Lipinski definition) is 1. The highest BCUT2D eigenvalue weighted by Gasteiger charge is 2.30. The summed E-state index contributed by atoms with van der Waals surface area (Å²) in [5.41, 5.74) is 4.36.